The molecule has 0 saturated heterocycles. The van der Waals surface area contributed by atoms with Crippen LogP contribution in [0.25, 0.3) is 11.0 Å². The summed E-state index contributed by atoms with van der Waals surface area (Å²) in [5.74, 6) is 0.338. The van der Waals surface area contributed by atoms with Crippen LogP contribution in [-0.2, 0) is 0 Å². The summed E-state index contributed by atoms with van der Waals surface area (Å²) in [6, 6.07) is 5.31. The molecule has 2 rings (SSSR count). The van der Waals surface area contributed by atoms with Gasteiger partial charge in [-0.1, -0.05) is 23.8 Å². The van der Waals surface area contributed by atoms with Gasteiger partial charge in [-0.3, -0.25) is 0 Å². The summed E-state index contributed by atoms with van der Waals surface area (Å²) in [6.45, 7) is 0. The quantitative estimate of drug-likeness (QED) is 0.659. The molecule has 0 radical (unpaired) electrons. The lowest BCUT2D eigenvalue weighted by molar-refractivity contribution is 1.28. The molecule has 1 heterocycles. The van der Waals surface area contributed by atoms with E-state index in [9.17, 15) is 0 Å². The molecule has 0 spiro atoms. The number of hydrogen-bond donors (Lipinski definition) is 2. The number of aromatic amines is 1. The van der Waals surface area contributed by atoms with Crippen molar-refractivity contribution in [2.24, 2.45) is 0 Å². The summed E-state index contributed by atoms with van der Waals surface area (Å²) in [5.41, 5.74) is 7.10. The number of hydrogen-bond acceptors (Lipinski definition) is 3. The minimum Gasteiger partial charge on any atom is -0.381 e. The van der Waals surface area contributed by atoms with Crippen molar-refractivity contribution in [3.05, 3.63) is 27.9 Å². The Kier molecular flexibility index (Phi) is 1.94. The Morgan fingerprint density at radius 1 is 1.46 bits per heavy atom. The van der Waals surface area contributed by atoms with E-state index in [1.165, 1.54) is 0 Å². The molecule has 3 nitrogen and oxygen atoms in total. The summed E-state index contributed by atoms with van der Waals surface area (Å²) in [6.07, 6.45) is 0. The first-order chi connectivity index (χ1) is 6.16. The minimum atomic E-state index is 0.338. The molecule has 1 aromatic carbocycles. The maximum atomic E-state index is 5.80. The van der Waals surface area contributed by atoms with Crippen LogP contribution < -0.4 is 5.73 Å². The zero-order valence-electron chi connectivity index (χ0n) is 6.54. The van der Waals surface area contributed by atoms with E-state index in [-0.39, 0.29) is 0 Å². The predicted octanol–water partition coefficient (Wildman–Crippen LogP) is 2.53. The van der Waals surface area contributed by atoms with E-state index in [1.54, 1.807) is 18.2 Å². The molecular weight excluding hydrogens is 206 g/mol. The molecule has 0 atom stereocenters. The molecule has 2 aromatic rings. The Hall–Kier alpha value is -1.13. The third kappa shape index (κ3) is 1.50. The molecule has 0 aliphatic carbocycles. The molecule has 0 saturated carbocycles. The standard InChI is InChI=1S/C8H6ClN3S/c9-4-1-2-5-6(3-4)12-8(13)7(10)11-5/h1-3H,(H2,10,11)(H,12,13). The first kappa shape index (κ1) is 8.47. The molecule has 0 amide bonds. The summed E-state index contributed by atoms with van der Waals surface area (Å²) >= 11 is 10.7. The highest BCUT2D eigenvalue weighted by Crippen LogP contribution is 2.16. The third-order valence-corrected chi connectivity index (χ3v) is 2.23. The molecule has 0 aliphatic rings. The number of nitrogens with two attached hydrogens (primary N) is 1. The van der Waals surface area contributed by atoms with Crippen molar-refractivity contribution in [1.82, 2.24) is 9.97 Å². The number of nitrogen functional groups attached to an aromatic ring is 1. The maximum Gasteiger partial charge on any atom is 0.159 e. The van der Waals surface area contributed by atoms with Crippen molar-refractivity contribution in [2.75, 3.05) is 5.73 Å². The fourth-order valence-electron chi connectivity index (χ4n) is 1.07. The summed E-state index contributed by atoms with van der Waals surface area (Å²) in [5, 5.41) is 0.643. The first-order valence-corrected chi connectivity index (χ1v) is 4.40. The second-order valence-electron chi connectivity index (χ2n) is 2.61. The average Bonchev–Trinajstić information content (AvgIpc) is 2.08. The normalized spacial score (nSPS) is 10.5. The van der Waals surface area contributed by atoms with Crippen LogP contribution in [0.15, 0.2) is 18.2 Å². The van der Waals surface area contributed by atoms with E-state index in [2.05, 4.69) is 9.97 Å². The van der Waals surface area contributed by atoms with E-state index < -0.39 is 0 Å². The highest BCUT2D eigenvalue weighted by atomic mass is 35.5. The second kappa shape index (κ2) is 2.97. The van der Waals surface area contributed by atoms with Crippen LogP contribution in [-0.4, -0.2) is 9.97 Å². The Balaban J connectivity index is 2.89. The Morgan fingerprint density at radius 2 is 2.23 bits per heavy atom. The number of nitrogens with zero attached hydrogens (tertiary/aromatic N) is 1. The fourth-order valence-corrected chi connectivity index (χ4v) is 1.40. The fraction of sp³-hybridized carbons (Fsp3) is 0. The van der Waals surface area contributed by atoms with Gasteiger partial charge in [-0.25, -0.2) is 4.98 Å². The molecule has 0 fully saturated rings. The summed E-state index contributed by atoms with van der Waals surface area (Å²) < 4.78 is 0.440. The van der Waals surface area contributed by atoms with Crippen LogP contribution in [0.2, 0.25) is 5.02 Å². The van der Waals surface area contributed by atoms with Gasteiger partial charge in [0.1, 0.15) is 4.64 Å². The van der Waals surface area contributed by atoms with E-state index >= 15 is 0 Å². The number of anilines is 1. The third-order valence-electron chi connectivity index (χ3n) is 1.68. The zero-order valence-corrected chi connectivity index (χ0v) is 8.12. The maximum absolute atomic E-state index is 5.80. The second-order valence-corrected chi connectivity index (χ2v) is 3.46. The summed E-state index contributed by atoms with van der Waals surface area (Å²) in [4.78, 5) is 7.04. The van der Waals surface area contributed by atoms with Gasteiger partial charge in [-0.2, -0.15) is 0 Å². The molecule has 66 valence electrons. The van der Waals surface area contributed by atoms with Crippen LogP contribution in [0, 0.1) is 4.64 Å². The van der Waals surface area contributed by atoms with Crippen LogP contribution >= 0.6 is 23.8 Å². The van der Waals surface area contributed by atoms with Gasteiger partial charge in [0.2, 0.25) is 0 Å². The average molecular weight is 212 g/mol. The Bertz CT molecular complexity index is 520. The van der Waals surface area contributed by atoms with Crippen molar-refractivity contribution in [1.29, 1.82) is 0 Å². The van der Waals surface area contributed by atoms with Crippen molar-refractivity contribution in [3.63, 3.8) is 0 Å². The highest BCUT2D eigenvalue weighted by molar-refractivity contribution is 7.71. The molecule has 3 N–H and O–H groups in total. The lowest BCUT2D eigenvalue weighted by Gasteiger charge is -1.99. The van der Waals surface area contributed by atoms with E-state index in [0.29, 0.717) is 15.5 Å². The van der Waals surface area contributed by atoms with Crippen LogP contribution in [0.3, 0.4) is 0 Å². The first-order valence-electron chi connectivity index (χ1n) is 3.62. The van der Waals surface area contributed by atoms with Gasteiger partial charge in [0, 0.05) is 5.02 Å². The Morgan fingerprint density at radius 3 is 3.00 bits per heavy atom. The minimum absolute atomic E-state index is 0.338. The van der Waals surface area contributed by atoms with E-state index in [1.807, 2.05) is 0 Å². The number of aromatic nitrogens is 2. The van der Waals surface area contributed by atoms with Crippen molar-refractivity contribution >= 4 is 40.7 Å². The molecule has 0 unspecified atom stereocenters. The monoisotopic (exact) mass is 211 g/mol. The molecule has 0 bridgehead atoms. The lowest BCUT2D eigenvalue weighted by atomic mass is 10.3. The number of H-pyrrole nitrogens is 1. The van der Waals surface area contributed by atoms with Gasteiger partial charge in [0.15, 0.2) is 5.82 Å². The molecule has 13 heavy (non-hydrogen) atoms. The van der Waals surface area contributed by atoms with E-state index in [0.717, 1.165) is 11.0 Å². The van der Waals surface area contributed by atoms with Crippen molar-refractivity contribution in [2.45, 2.75) is 0 Å². The predicted molar refractivity (Wildman–Crippen MR) is 56.4 cm³/mol. The van der Waals surface area contributed by atoms with Crippen LogP contribution in [0.1, 0.15) is 0 Å². The van der Waals surface area contributed by atoms with Gasteiger partial charge >= 0.3 is 0 Å². The largest absolute Gasteiger partial charge is 0.381 e. The molecule has 0 aliphatic heterocycles. The van der Waals surface area contributed by atoms with Gasteiger partial charge in [-0.05, 0) is 18.2 Å². The summed E-state index contributed by atoms with van der Waals surface area (Å²) in [7, 11) is 0. The number of nitrogens with one attached hydrogen (secondary N) is 1. The number of benzene rings is 1. The Labute approximate surface area is 84.6 Å². The highest BCUT2D eigenvalue weighted by Gasteiger charge is 1.98. The molecular formula is C8H6ClN3S. The molecule has 1 aromatic heterocycles. The van der Waals surface area contributed by atoms with Crippen LogP contribution in [0.4, 0.5) is 5.82 Å². The number of halogens is 1. The van der Waals surface area contributed by atoms with Crippen molar-refractivity contribution in [3.8, 4) is 0 Å². The topological polar surface area (TPSA) is 54.7 Å². The van der Waals surface area contributed by atoms with Gasteiger partial charge in [0.05, 0.1) is 11.0 Å². The lowest BCUT2D eigenvalue weighted by Crippen LogP contribution is -1.94. The smallest absolute Gasteiger partial charge is 0.159 e. The van der Waals surface area contributed by atoms with Crippen LogP contribution in [0.5, 0.6) is 0 Å². The van der Waals surface area contributed by atoms with Gasteiger partial charge in [-0.15, -0.1) is 0 Å². The van der Waals surface area contributed by atoms with Crippen molar-refractivity contribution < 1.29 is 0 Å². The number of fused-ring (bicyclic) bond motifs is 1. The zero-order chi connectivity index (χ0) is 9.42. The van der Waals surface area contributed by atoms with E-state index in [4.69, 9.17) is 29.6 Å². The number of rotatable bonds is 0. The SMILES string of the molecule is Nc1nc2ccc(Cl)cc2[nH]c1=S. The van der Waals surface area contributed by atoms with Gasteiger partial charge < -0.3 is 10.7 Å². The molecule has 5 heteroatoms. The van der Waals surface area contributed by atoms with Gasteiger partial charge in [0.25, 0.3) is 0 Å².